The Morgan fingerprint density at radius 1 is 0.479 bits per heavy atom. The first-order valence-corrected chi connectivity index (χ1v) is 30.3. The van der Waals surface area contributed by atoms with Crippen molar-refractivity contribution in [3.63, 3.8) is 0 Å². The highest BCUT2D eigenvalue weighted by molar-refractivity contribution is 5.80. The number of ether oxygens (including phenoxy) is 2. The number of aliphatic hydroxyl groups is 6. The van der Waals surface area contributed by atoms with Crippen LogP contribution in [0.4, 0.5) is 0 Å². The molecule has 0 aromatic carbocycles. The van der Waals surface area contributed by atoms with E-state index in [0.29, 0.717) is 19.3 Å². The summed E-state index contributed by atoms with van der Waals surface area (Å²) in [5.41, 5.74) is 0. The summed E-state index contributed by atoms with van der Waals surface area (Å²) in [6.45, 7) is 3.62. The molecular weight excluding hydrogens is 891 g/mol. The lowest BCUT2D eigenvalue weighted by molar-refractivity contribution is -0.302. The van der Waals surface area contributed by atoms with Gasteiger partial charge < -0.3 is 45.4 Å². The van der Waals surface area contributed by atoms with Crippen LogP contribution in [0.3, 0.4) is 0 Å². The highest BCUT2D eigenvalue weighted by atomic mass is 16.7. The smallest absolute Gasteiger partial charge is 0.249 e. The van der Waals surface area contributed by atoms with E-state index in [9.17, 15) is 35.4 Å². The van der Waals surface area contributed by atoms with Gasteiger partial charge in [-0.3, -0.25) is 4.79 Å². The Kier molecular flexibility index (Phi) is 48.0. The van der Waals surface area contributed by atoms with Gasteiger partial charge in [-0.05, 0) is 57.8 Å². The van der Waals surface area contributed by atoms with Gasteiger partial charge in [0.25, 0.3) is 0 Å². The molecule has 0 radical (unpaired) electrons. The monoisotopic (exact) mass is 1010 g/mol. The Labute approximate surface area is 436 Å². The lowest BCUT2D eigenvalue weighted by Gasteiger charge is -2.40. The van der Waals surface area contributed by atoms with E-state index in [-0.39, 0.29) is 6.61 Å². The van der Waals surface area contributed by atoms with Gasteiger partial charge in [0.05, 0.1) is 25.4 Å². The average Bonchev–Trinajstić information content (AvgIpc) is 3.37. The molecule has 1 saturated heterocycles. The SMILES string of the molecule is CCCCCCCCCCC/C=C/CC/C=C/C(O)C(COC1OC(CO)C(O)C(O)C1O)NC(=O)C(O)CCCCCCCCCCCCCCCCC/C=C\CCCCCCCCCCCCCC. The van der Waals surface area contributed by atoms with Gasteiger partial charge in [-0.25, -0.2) is 0 Å². The quantitative estimate of drug-likeness (QED) is 0.0232. The molecule has 1 amide bonds. The van der Waals surface area contributed by atoms with Gasteiger partial charge >= 0.3 is 0 Å². The van der Waals surface area contributed by atoms with Crippen molar-refractivity contribution in [2.24, 2.45) is 0 Å². The zero-order valence-corrected chi connectivity index (χ0v) is 46.1. The van der Waals surface area contributed by atoms with Crippen LogP contribution in [-0.4, -0.2) is 98.7 Å². The highest BCUT2D eigenvalue weighted by Gasteiger charge is 2.44. The molecular formula is C61H115NO9. The van der Waals surface area contributed by atoms with Crippen molar-refractivity contribution in [2.75, 3.05) is 13.2 Å². The standard InChI is InChI=1S/C61H115NO9/c1-3-5-7-9-11-13-15-17-19-20-21-22-23-24-25-26-27-28-29-30-31-32-33-34-36-38-40-42-44-46-48-50-55(65)60(69)62-53(52-70-61-59(68)58(67)57(66)56(51-63)71-61)54(64)49-47-45-43-41-39-37-35-18-16-14-12-10-8-6-4-2/h24-25,39,41,47,49,53-59,61,63-68H,3-23,26-38,40,42-46,48,50-52H2,1-2H3,(H,62,69)/b25-24-,41-39+,49-47+. The second-order valence-electron chi connectivity index (χ2n) is 21.3. The van der Waals surface area contributed by atoms with E-state index >= 15 is 0 Å². The van der Waals surface area contributed by atoms with Crippen LogP contribution in [0.2, 0.25) is 0 Å². The molecule has 1 fully saturated rings. The number of hydrogen-bond acceptors (Lipinski definition) is 9. The Hall–Kier alpha value is -1.63. The van der Waals surface area contributed by atoms with E-state index in [1.165, 1.54) is 218 Å². The van der Waals surface area contributed by atoms with E-state index in [0.717, 1.165) is 32.1 Å². The third-order valence-electron chi connectivity index (χ3n) is 14.5. The number of rotatable bonds is 52. The molecule has 0 aliphatic carbocycles. The van der Waals surface area contributed by atoms with Crippen LogP contribution >= 0.6 is 0 Å². The molecule has 1 rings (SSSR count). The van der Waals surface area contributed by atoms with Crippen molar-refractivity contribution in [3.05, 3.63) is 36.5 Å². The Balaban J connectivity index is 2.18. The fourth-order valence-corrected chi connectivity index (χ4v) is 9.65. The molecule has 1 heterocycles. The van der Waals surface area contributed by atoms with Crippen molar-refractivity contribution in [1.82, 2.24) is 5.32 Å². The topological polar surface area (TPSA) is 169 Å². The maximum absolute atomic E-state index is 13.1. The summed E-state index contributed by atoms with van der Waals surface area (Å²) in [7, 11) is 0. The Bertz CT molecular complexity index is 1230. The predicted octanol–water partition coefficient (Wildman–Crippen LogP) is 14.1. The van der Waals surface area contributed by atoms with Crippen molar-refractivity contribution >= 4 is 5.91 Å². The molecule has 0 spiro atoms. The summed E-state index contributed by atoms with van der Waals surface area (Å²) in [5, 5.41) is 65.0. The van der Waals surface area contributed by atoms with Crippen LogP contribution in [0.15, 0.2) is 36.5 Å². The average molecular weight is 1010 g/mol. The van der Waals surface area contributed by atoms with Crippen molar-refractivity contribution in [2.45, 2.75) is 332 Å². The van der Waals surface area contributed by atoms with Gasteiger partial charge in [0.15, 0.2) is 6.29 Å². The van der Waals surface area contributed by atoms with Crippen LogP contribution in [0, 0.1) is 0 Å². The van der Waals surface area contributed by atoms with Crippen molar-refractivity contribution in [3.8, 4) is 0 Å². The normalized spacial score (nSPS) is 19.9. The molecule has 0 aromatic heterocycles. The van der Waals surface area contributed by atoms with Crippen LogP contribution in [-0.2, 0) is 14.3 Å². The van der Waals surface area contributed by atoms with Gasteiger partial charge in [0, 0.05) is 0 Å². The van der Waals surface area contributed by atoms with E-state index in [1.54, 1.807) is 6.08 Å². The highest BCUT2D eigenvalue weighted by Crippen LogP contribution is 2.23. The minimum absolute atomic E-state index is 0.306. The van der Waals surface area contributed by atoms with Crippen LogP contribution in [0.1, 0.15) is 284 Å². The summed E-state index contributed by atoms with van der Waals surface area (Å²) in [5.74, 6) is -0.623. The van der Waals surface area contributed by atoms with Crippen molar-refractivity contribution in [1.29, 1.82) is 0 Å². The minimum atomic E-state index is -1.62. The largest absolute Gasteiger partial charge is 0.394 e. The van der Waals surface area contributed by atoms with Gasteiger partial charge in [-0.15, -0.1) is 0 Å². The Morgan fingerprint density at radius 2 is 0.831 bits per heavy atom. The van der Waals surface area contributed by atoms with Gasteiger partial charge in [-0.1, -0.05) is 262 Å². The minimum Gasteiger partial charge on any atom is -0.394 e. The number of carbonyl (C=O) groups excluding carboxylic acids is 1. The number of aliphatic hydroxyl groups excluding tert-OH is 6. The van der Waals surface area contributed by atoms with Gasteiger partial charge in [0.1, 0.15) is 30.5 Å². The summed E-state index contributed by atoms with van der Waals surface area (Å²) >= 11 is 0. The first-order valence-electron chi connectivity index (χ1n) is 30.3. The lowest BCUT2D eigenvalue weighted by Crippen LogP contribution is -2.60. The number of unbranched alkanes of at least 4 members (excludes halogenated alkanes) is 37. The van der Waals surface area contributed by atoms with Crippen LogP contribution in [0.25, 0.3) is 0 Å². The molecule has 10 nitrogen and oxygen atoms in total. The zero-order valence-electron chi connectivity index (χ0n) is 46.1. The lowest BCUT2D eigenvalue weighted by atomic mass is 9.99. The number of amides is 1. The summed E-state index contributed by atoms with van der Waals surface area (Å²) in [6, 6.07) is -0.996. The molecule has 0 aromatic rings. The van der Waals surface area contributed by atoms with E-state index in [1.807, 2.05) is 6.08 Å². The summed E-state index contributed by atoms with van der Waals surface area (Å²) in [6.07, 6.45) is 55.5. The van der Waals surface area contributed by atoms with Gasteiger partial charge in [0.2, 0.25) is 5.91 Å². The van der Waals surface area contributed by atoms with E-state index in [2.05, 4.69) is 43.5 Å². The first kappa shape index (κ1) is 67.4. The maximum Gasteiger partial charge on any atom is 0.249 e. The number of allylic oxidation sites excluding steroid dienone is 5. The fraction of sp³-hybridized carbons (Fsp3) is 0.885. The molecule has 71 heavy (non-hydrogen) atoms. The molecule has 1 aliphatic rings. The second kappa shape index (κ2) is 50.5. The molecule has 8 unspecified atom stereocenters. The third kappa shape index (κ3) is 39.5. The number of carbonyl (C=O) groups is 1. The Morgan fingerprint density at radius 3 is 1.23 bits per heavy atom. The molecule has 7 N–H and O–H groups in total. The van der Waals surface area contributed by atoms with Crippen LogP contribution in [0.5, 0.6) is 0 Å². The first-order chi connectivity index (χ1) is 34.8. The summed E-state index contributed by atoms with van der Waals surface area (Å²) < 4.78 is 11.2. The fourth-order valence-electron chi connectivity index (χ4n) is 9.65. The molecule has 0 saturated carbocycles. The summed E-state index contributed by atoms with van der Waals surface area (Å²) in [4.78, 5) is 13.1. The molecule has 1 aliphatic heterocycles. The maximum atomic E-state index is 13.1. The molecule has 8 atom stereocenters. The van der Waals surface area contributed by atoms with Gasteiger partial charge in [-0.2, -0.15) is 0 Å². The second-order valence-corrected chi connectivity index (χ2v) is 21.3. The zero-order chi connectivity index (χ0) is 51.7. The molecule has 10 heteroatoms. The van der Waals surface area contributed by atoms with Crippen molar-refractivity contribution < 1.29 is 44.9 Å². The molecule has 418 valence electrons. The van der Waals surface area contributed by atoms with E-state index in [4.69, 9.17) is 9.47 Å². The third-order valence-corrected chi connectivity index (χ3v) is 14.5. The van der Waals surface area contributed by atoms with E-state index < -0.39 is 61.5 Å². The van der Waals surface area contributed by atoms with Crippen LogP contribution < -0.4 is 5.32 Å². The number of nitrogens with one attached hydrogen (secondary N) is 1. The number of hydrogen-bond donors (Lipinski definition) is 7. The molecule has 0 bridgehead atoms. The predicted molar refractivity (Wildman–Crippen MR) is 296 cm³/mol.